The highest BCUT2D eigenvalue weighted by atomic mass is 32.1. The molecule has 1 N–H and O–H groups in total. The molecule has 2 aliphatic rings. The van der Waals surface area contributed by atoms with Crippen LogP contribution in [0.4, 0.5) is 9.93 Å². The molecular formula is C17H19N3O4S. The van der Waals surface area contributed by atoms with E-state index in [4.69, 9.17) is 5.11 Å². The van der Waals surface area contributed by atoms with Gasteiger partial charge in [-0.05, 0) is 19.3 Å². The van der Waals surface area contributed by atoms with Crippen LogP contribution in [0.5, 0.6) is 0 Å². The fourth-order valence-corrected chi connectivity index (χ4v) is 3.98. The second kappa shape index (κ2) is 6.79. The van der Waals surface area contributed by atoms with E-state index in [9.17, 15) is 14.4 Å². The first-order valence-electron chi connectivity index (χ1n) is 8.03. The van der Waals surface area contributed by atoms with E-state index in [1.165, 1.54) is 18.3 Å². The third-order valence-electron chi connectivity index (χ3n) is 4.32. The van der Waals surface area contributed by atoms with Crippen molar-refractivity contribution < 1.29 is 19.5 Å². The monoisotopic (exact) mass is 361 g/mol. The number of carbonyl (C=O) groups excluding carboxylic acids is 2. The number of hydrogen-bond acceptors (Lipinski definition) is 5. The van der Waals surface area contributed by atoms with Crippen LogP contribution in [-0.4, -0.2) is 52.4 Å². The molecule has 0 saturated carbocycles. The highest BCUT2D eigenvalue weighted by Crippen LogP contribution is 2.29. The highest BCUT2D eigenvalue weighted by molar-refractivity contribution is 7.17. The predicted octanol–water partition coefficient (Wildman–Crippen LogP) is 2.48. The van der Waals surface area contributed by atoms with Gasteiger partial charge in [0, 0.05) is 26.6 Å². The van der Waals surface area contributed by atoms with Crippen LogP contribution in [0.3, 0.4) is 0 Å². The van der Waals surface area contributed by atoms with Crippen molar-refractivity contribution in [2.75, 3.05) is 24.5 Å². The maximum Gasteiger partial charge on any atom is 0.335 e. The van der Waals surface area contributed by atoms with Crippen LogP contribution in [-0.2, 0) is 4.79 Å². The average Bonchev–Trinajstić information content (AvgIpc) is 3.11. The summed E-state index contributed by atoms with van der Waals surface area (Å²) in [5, 5.41) is 9.51. The van der Waals surface area contributed by atoms with Gasteiger partial charge in [-0.1, -0.05) is 29.6 Å². The van der Waals surface area contributed by atoms with E-state index in [1.54, 1.807) is 28.9 Å². The largest absolute Gasteiger partial charge is 0.478 e. The number of nitrogens with zero attached hydrogens (tertiary/aromatic N) is 3. The fraction of sp³-hybridized carbons (Fsp3) is 0.412. The van der Waals surface area contributed by atoms with Gasteiger partial charge in [-0.25, -0.2) is 14.6 Å². The van der Waals surface area contributed by atoms with Crippen LogP contribution in [0, 0.1) is 12.8 Å². The lowest BCUT2D eigenvalue weighted by Gasteiger charge is -2.22. The summed E-state index contributed by atoms with van der Waals surface area (Å²) >= 11 is 1.25. The molecule has 1 aliphatic carbocycles. The molecule has 1 aromatic heterocycles. The van der Waals surface area contributed by atoms with Gasteiger partial charge in [-0.2, -0.15) is 0 Å². The first kappa shape index (κ1) is 17.3. The zero-order valence-electron chi connectivity index (χ0n) is 14.1. The van der Waals surface area contributed by atoms with Crippen LogP contribution in [0.15, 0.2) is 23.8 Å². The maximum absolute atomic E-state index is 12.6. The minimum atomic E-state index is -0.932. The van der Waals surface area contributed by atoms with Crippen molar-refractivity contribution >= 4 is 34.3 Å². The Balaban J connectivity index is 1.65. The van der Waals surface area contributed by atoms with Crippen LogP contribution < -0.4 is 4.90 Å². The Morgan fingerprint density at radius 1 is 1.40 bits per heavy atom. The molecule has 1 aliphatic heterocycles. The number of amides is 2. The Bertz CT molecular complexity index is 796. The number of carboxylic acids is 1. The van der Waals surface area contributed by atoms with E-state index >= 15 is 0 Å². The number of urea groups is 1. The Morgan fingerprint density at radius 2 is 2.16 bits per heavy atom. The second-order valence-corrected chi connectivity index (χ2v) is 7.14. The van der Waals surface area contributed by atoms with Gasteiger partial charge in [0.1, 0.15) is 0 Å². The summed E-state index contributed by atoms with van der Waals surface area (Å²) in [4.78, 5) is 43.4. The number of ketones is 1. The summed E-state index contributed by atoms with van der Waals surface area (Å²) in [7, 11) is 0. The number of anilines is 1. The lowest BCUT2D eigenvalue weighted by molar-refractivity contribution is -0.132. The van der Waals surface area contributed by atoms with Crippen molar-refractivity contribution in [1.82, 2.24) is 9.88 Å². The van der Waals surface area contributed by atoms with Crippen molar-refractivity contribution in [2.45, 2.75) is 20.3 Å². The molecule has 132 valence electrons. The number of aliphatic carboxylic acids is 1. The summed E-state index contributed by atoms with van der Waals surface area (Å²) < 4.78 is 0. The average molecular weight is 361 g/mol. The van der Waals surface area contributed by atoms with Gasteiger partial charge in [0.15, 0.2) is 10.9 Å². The van der Waals surface area contributed by atoms with E-state index in [1.807, 2.05) is 6.08 Å². The van der Waals surface area contributed by atoms with Gasteiger partial charge >= 0.3 is 12.0 Å². The summed E-state index contributed by atoms with van der Waals surface area (Å²) in [6.07, 6.45) is 5.74. The van der Waals surface area contributed by atoms with Crippen molar-refractivity contribution in [3.8, 4) is 0 Å². The molecule has 0 radical (unpaired) electrons. The molecular weight excluding hydrogens is 342 g/mol. The molecule has 7 nitrogen and oxygen atoms in total. The van der Waals surface area contributed by atoms with E-state index in [2.05, 4.69) is 4.98 Å². The summed E-state index contributed by atoms with van der Waals surface area (Å²) in [5.74, 6) is -0.866. The number of allylic oxidation sites excluding steroid dienone is 1. The maximum atomic E-state index is 12.6. The smallest absolute Gasteiger partial charge is 0.335 e. The van der Waals surface area contributed by atoms with Crippen LogP contribution in [0.2, 0.25) is 0 Å². The molecule has 0 aromatic carbocycles. The number of carboxylic acid groups (broad SMARTS) is 1. The van der Waals surface area contributed by atoms with Crippen molar-refractivity contribution in [3.05, 3.63) is 34.4 Å². The standard InChI is InChI=1S/C17H19N3O4S/c1-10-14(11(2)21)25-16(18-10)20-8-7-19(17(20)24)9-12-3-5-13(6-4-12)15(22)23/h3,5-6,12H,4,7-9H2,1-2H3,(H,22,23). The molecule has 8 heteroatoms. The first-order chi connectivity index (χ1) is 11.9. The van der Waals surface area contributed by atoms with E-state index in [-0.39, 0.29) is 17.7 Å². The highest BCUT2D eigenvalue weighted by Gasteiger charge is 2.33. The van der Waals surface area contributed by atoms with Gasteiger partial charge in [0.2, 0.25) is 0 Å². The fourth-order valence-electron chi connectivity index (χ4n) is 3.00. The number of hydrogen-bond donors (Lipinski definition) is 1. The number of thiazole rings is 1. The van der Waals surface area contributed by atoms with E-state index in [0.29, 0.717) is 47.3 Å². The normalized spacial score (nSPS) is 20.2. The van der Waals surface area contributed by atoms with E-state index < -0.39 is 5.97 Å². The number of aryl methyl sites for hydroxylation is 1. The lowest BCUT2D eigenvalue weighted by Crippen LogP contribution is -2.35. The minimum absolute atomic E-state index is 0.0434. The topological polar surface area (TPSA) is 90.8 Å². The molecule has 1 saturated heterocycles. The van der Waals surface area contributed by atoms with Gasteiger partial charge in [0.05, 0.1) is 16.1 Å². The van der Waals surface area contributed by atoms with Crippen LogP contribution in [0.1, 0.15) is 28.7 Å². The summed E-state index contributed by atoms with van der Waals surface area (Å²) in [6.45, 7) is 4.94. The van der Waals surface area contributed by atoms with Gasteiger partial charge < -0.3 is 10.0 Å². The molecule has 1 aromatic rings. The Labute approximate surface area is 149 Å². The minimum Gasteiger partial charge on any atom is -0.478 e. The first-order valence-corrected chi connectivity index (χ1v) is 8.85. The Kier molecular flexibility index (Phi) is 4.71. The Hall–Kier alpha value is -2.48. The molecule has 2 amide bonds. The van der Waals surface area contributed by atoms with E-state index in [0.717, 1.165) is 0 Å². The van der Waals surface area contributed by atoms with Gasteiger partial charge in [-0.3, -0.25) is 9.69 Å². The second-order valence-electron chi connectivity index (χ2n) is 6.17. The molecule has 0 bridgehead atoms. The molecule has 25 heavy (non-hydrogen) atoms. The molecule has 2 heterocycles. The summed E-state index contributed by atoms with van der Waals surface area (Å²) in [6, 6.07) is -0.120. The van der Waals surface area contributed by atoms with Crippen molar-refractivity contribution in [3.63, 3.8) is 0 Å². The van der Waals surface area contributed by atoms with Gasteiger partial charge in [-0.15, -0.1) is 0 Å². The van der Waals surface area contributed by atoms with Gasteiger partial charge in [0.25, 0.3) is 0 Å². The quantitative estimate of drug-likeness (QED) is 0.814. The lowest BCUT2D eigenvalue weighted by atomic mass is 9.96. The number of Topliss-reactive ketones (excluding diaryl/α,β-unsaturated/α-hetero) is 1. The third kappa shape index (κ3) is 3.48. The SMILES string of the molecule is CC(=O)c1sc(N2CCN(CC3C=CC(C(=O)O)=CC3)C2=O)nc1C. The van der Waals surface area contributed by atoms with Crippen LogP contribution in [0.25, 0.3) is 0 Å². The number of rotatable bonds is 5. The van der Waals surface area contributed by atoms with Crippen LogP contribution >= 0.6 is 11.3 Å². The number of aromatic nitrogens is 1. The zero-order chi connectivity index (χ0) is 18.1. The number of carbonyl (C=O) groups is 3. The molecule has 1 atom stereocenters. The third-order valence-corrected chi connectivity index (χ3v) is 5.60. The Morgan fingerprint density at radius 3 is 2.72 bits per heavy atom. The summed E-state index contributed by atoms with van der Waals surface area (Å²) in [5.41, 5.74) is 0.945. The predicted molar refractivity (Wildman–Crippen MR) is 94.1 cm³/mol. The van der Waals surface area contributed by atoms with Crippen molar-refractivity contribution in [1.29, 1.82) is 0 Å². The van der Waals surface area contributed by atoms with Crippen molar-refractivity contribution in [2.24, 2.45) is 5.92 Å². The molecule has 1 unspecified atom stereocenters. The zero-order valence-corrected chi connectivity index (χ0v) is 14.9. The molecule has 3 rings (SSSR count). The molecule has 0 spiro atoms. The molecule has 1 fully saturated rings.